The third-order valence-corrected chi connectivity index (χ3v) is 3.07. The molecule has 3 rings (SSSR count). The van der Waals surface area contributed by atoms with Crippen molar-refractivity contribution in [2.75, 3.05) is 5.32 Å². The average molecular weight is 332 g/mol. The lowest BCUT2D eigenvalue weighted by atomic mass is 10.2. The summed E-state index contributed by atoms with van der Waals surface area (Å²) in [7, 11) is 0. The van der Waals surface area contributed by atoms with Crippen LogP contribution in [0.5, 0.6) is 0 Å². The van der Waals surface area contributed by atoms with Crippen molar-refractivity contribution in [2.45, 2.75) is 18.8 Å². The third-order valence-electron chi connectivity index (χ3n) is 3.07. The van der Waals surface area contributed by atoms with Crippen molar-refractivity contribution in [3.05, 3.63) is 41.7 Å². The van der Waals surface area contributed by atoms with Crippen LogP contribution in [0.2, 0.25) is 0 Å². The first-order valence-electron chi connectivity index (χ1n) is 6.91. The number of rotatable bonds is 4. The van der Waals surface area contributed by atoms with Gasteiger partial charge < -0.3 is 11.1 Å². The lowest BCUT2D eigenvalue weighted by molar-refractivity contribution is -0.105. The molecule has 8 heteroatoms. The molecule has 0 bridgehead atoms. The predicted molar refractivity (Wildman–Crippen MR) is 83.9 cm³/mol. The van der Waals surface area contributed by atoms with Crippen LogP contribution in [0.15, 0.2) is 30.5 Å². The number of primary amides is 1. The maximum atomic E-state index is 11.2. The van der Waals surface area contributed by atoms with Gasteiger partial charge in [-0.15, -0.1) is 6.42 Å². The molecule has 1 aromatic heterocycles. The molecule has 6 nitrogen and oxygen atoms in total. The van der Waals surface area contributed by atoms with Crippen molar-refractivity contribution >= 4 is 18.0 Å². The molecule has 1 aliphatic carbocycles. The number of anilines is 1. The molecule has 2 amide bonds. The Morgan fingerprint density at radius 3 is 2.62 bits per heavy atom. The molecular formula is C16H14F2N4O2. The van der Waals surface area contributed by atoms with Gasteiger partial charge in [0.15, 0.2) is 5.69 Å². The highest BCUT2D eigenvalue weighted by atomic mass is 19.3. The van der Waals surface area contributed by atoms with Crippen molar-refractivity contribution in [3.63, 3.8) is 0 Å². The predicted octanol–water partition coefficient (Wildman–Crippen LogP) is 1.94. The molecule has 124 valence electrons. The first-order valence-corrected chi connectivity index (χ1v) is 6.91. The number of terminal acetylenes is 1. The Morgan fingerprint density at radius 1 is 1.46 bits per heavy atom. The van der Waals surface area contributed by atoms with Gasteiger partial charge in [0.25, 0.3) is 5.91 Å². The van der Waals surface area contributed by atoms with E-state index in [9.17, 15) is 18.4 Å². The van der Waals surface area contributed by atoms with Gasteiger partial charge in [-0.2, -0.15) is 5.10 Å². The van der Waals surface area contributed by atoms with Crippen LogP contribution < -0.4 is 11.1 Å². The molecule has 1 saturated carbocycles. The molecule has 24 heavy (non-hydrogen) atoms. The monoisotopic (exact) mass is 332 g/mol. The number of nitrogens with zero attached hydrogens (tertiary/aromatic N) is 2. The van der Waals surface area contributed by atoms with Gasteiger partial charge in [0.1, 0.15) is 0 Å². The number of carbonyl (C=O) groups excluding carboxylic acids is 2. The van der Waals surface area contributed by atoms with Crippen LogP contribution in [-0.4, -0.2) is 28.0 Å². The van der Waals surface area contributed by atoms with Gasteiger partial charge in [-0.05, 0) is 18.2 Å². The number of halogens is 2. The van der Waals surface area contributed by atoms with Crippen molar-refractivity contribution in [2.24, 2.45) is 5.73 Å². The number of benzene rings is 1. The fourth-order valence-electron chi connectivity index (χ4n) is 1.69. The lowest BCUT2D eigenvalue weighted by Gasteiger charge is -2.01. The van der Waals surface area contributed by atoms with Crippen LogP contribution >= 0.6 is 0 Å². The van der Waals surface area contributed by atoms with E-state index < -0.39 is 11.8 Å². The van der Waals surface area contributed by atoms with Crippen LogP contribution in [0.3, 0.4) is 0 Å². The summed E-state index contributed by atoms with van der Waals surface area (Å²) in [6.45, 7) is 0. The Bertz CT molecular complexity index is 803. The maximum Gasteiger partial charge on any atom is 0.271 e. The summed E-state index contributed by atoms with van der Waals surface area (Å²) in [5.74, 6) is -0.474. The van der Waals surface area contributed by atoms with E-state index >= 15 is 0 Å². The number of nitrogens with one attached hydrogen (secondary N) is 1. The van der Waals surface area contributed by atoms with E-state index in [1.807, 2.05) is 0 Å². The molecule has 1 fully saturated rings. The standard InChI is InChI=1S/C13H10N4O2.C3H4F2/c1-2-9-4-3-5-10(6-9)17-7-11(15-8-18)12(16-17)13(14)19;4-3(5)1-2-3/h1,3-8H,(H2,14,19)(H,15,18);1-2H2. The topological polar surface area (TPSA) is 90.0 Å². The number of carbonyl (C=O) groups is 2. The molecule has 0 atom stereocenters. The second-order valence-corrected chi connectivity index (χ2v) is 5.01. The number of alkyl halides is 2. The highest BCUT2D eigenvalue weighted by Gasteiger charge is 2.43. The number of amides is 2. The Labute approximate surface area is 136 Å². The molecule has 1 heterocycles. The SMILES string of the molecule is C#Cc1cccc(-n2cc(NC=O)c(C(N)=O)n2)c1.FC1(F)CC1. The molecule has 0 saturated heterocycles. The van der Waals surface area contributed by atoms with Gasteiger partial charge in [0.2, 0.25) is 12.3 Å². The summed E-state index contributed by atoms with van der Waals surface area (Å²) < 4.78 is 23.7. The summed E-state index contributed by atoms with van der Waals surface area (Å²) in [5, 5.41) is 6.40. The zero-order valence-corrected chi connectivity index (χ0v) is 12.5. The quantitative estimate of drug-likeness (QED) is 0.662. The smallest absolute Gasteiger partial charge is 0.271 e. The molecule has 2 aromatic rings. The normalized spacial score (nSPS) is 13.9. The Hall–Kier alpha value is -3.21. The minimum absolute atomic E-state index is 0.0155. The number of hydrogen-bond acceptors (Lipinski definition) is 3. The fourth-order valence-corrected chi connectivity index (χ4v) is 1.69. The molecule has 3 N–H and O–H groups in total. The minimum atomic E-state index is -2.25. The van der Waals surface area contributed by atoms with Crippen LogP contribution in [-0.2, 0) is 4.79 Å². The summed E-state index contributed by atoms with van der Waals surface area (Å²) in [6.07, 6.45) is 7.49. The van der Waals surface area contributed by atoms with Gasteiger partial charge in [-0.3, -0.25) is 9.59 Å². The Kier molecular flexibility index (Phi) is 4.94. The van der Waals surface area contributed by atoms with E-state index in [0.29, 0.717) is 17.7 Å². The Balaban J connectivity index is 0.000000355. The fraction of sp³-hybridized carbons (Fsp3) is 0.188. The van der Waals surface area contributed by atoms with Crippen molar-refractivity contribution in [1.82, 2.24) is 9.78 Å². The molecule has 0 radical (unpaired) electrons. The van der Waals surface area contributed by atoms with E-state index in [-0.39, 0.29) is 24.2 Å². The van der Waals surface area contributed by atoms with E-state index in [2.05, 4.69) is 16.3 Å². The molecule has 0 spiro atoms. The van der Waals surface area contributed by atoms with Gasteiger partial charge in [0.05, 0.1) is 17.6 Å². The largest absolute Gasteiger partial charge is 0.364 e. The highest BCUT2D eigenvalue weighted by Crippen LogP contribution is 2.40. The zero-order chi connectivity index (χ0) is 17.7. The minimum Gasteiger partial charge on any atom is -0.364 e. The highest BCUT2D eigenvalue weighted by molar-refractivity contribution is 5.98. The molecule has 0 unspecified atom stereocenters. The zero-order valence-electron chi connectivity index (χ0n) is 12.5. The van der Waals surface area contributed by atoms with Crippen molar-refractivity contribution < 1.29 is 18.4 Å². The summed E-state index contributed by atoms with van der Waals surface area (Å²) in [4.78, 5) is 21.7. The third kappa shape index (κ3) is 4.39. The molecule has 1 aromatic carbocycles. The average Bonchev–Trinajstić information content (AvgIpc) is 3.09. The van der Waals surface area contributed by atoms with Crippen molar-refractivity contribution in [3.8, 4) is 18.0 Å². The van der Waals surface area contributed by atoms with Crippen molar-refractivity contribution in [1.29, 1.82) is 0 Å². The van der Waals surface area contributed by atoms with Gasteiger partial charge in [-0.25, -0.2) is 13.5 Å². The van der Waals surface area contributed by atoms with Gasteiger partial charge in [-0.1, -0.05) is 12.0 Å². The van der Waals surface area contributed by atoms with Crippen LogP contribution in [0.25, 0.3) is 5.69 Å². The van der Waals surface area contributed by atoms with Crippen LogP contribution in [0.1, 0.15) is 28.9 Å². The van der Waals surface area contributed by atoms with Crippen LogP contribution in [0, 0.1) is 12.3 Å². The first kappa shape index (κ1) is 17.1. The molecule has 1 aliphatic rings. The number of hydrogen-bond donors (Lipinski definition) is 2. The number of nitrogens with two attached hydrogens (primary N) is 1. The Morgan fingerprint density at radius 2 is 2.12 bits per heavy atom. The lowest BCUT2D eigenvalue weighted by Crippen LogP contribution is -2.14. The second kappa shape index (κ2) is 6.91. The van der Waals surface area contributed by atoms with Gasteiger partial charge >= 0.3 is 0 Å². The van der Waals surface area contributed by atoms with E-state index in [1.54, 1.807) is 24.3 Å². The molecular weight excluding hydrogens is 318 g/mol. The summed E-state index contributed by atoms with van der Waals surface area (Å²) >= 11 is 0. The molecule has 0 aliphatic heterocycles. The first-order chi connectivity index (χ1) is 11.4. The van der Waals surface area contributed by atoms with Gasteiger partial charge in [0, 0.05) is 18.4 Å². The van der Waals surface area contributed by atoms with E-state index in [1.165, 1.54) is 10.9 Å². The second-order valence-electron chi connectivity index (χ2n) is 5.01. The van der Waals surface area contributed by atoms with E-state index in [0.717, 1.165) is 0 Å². The number of aromatic nitrogens is 2. The van der Waals surface area contributed by atoms with Crippen LogP contribution in [0.4, 0.5) is 14.5 Å². The maximum absolute atomic E-state index is 11.2. The van der Waals surface area contributed by atoms with E-state index in [4.69, 9.17) is 12.2 Å². The summed E-state index contributed by atoms with van der Waals surface area (Å²) in [6, 6.07) is 7.03. The summed E-state index contributed by atoms with van der Waals surface area (Å²) in [5.41, 5.74) is 6.76.